The van der Waals surface area contributed by atoms with Gasteiger partial charge >= 0.3 is 0 Å². The standard InChI is InChI=1S/C27H34N4O/c1-20-9-11-24(12-10-20)18-26-21(2)28-22(3)29-27(26)31-15-13-30(14-16-31)19-25(32)17-23-7-5-4-6-8-23/h4-12,25,32H,13-19H2,1-3H3. The molecule has 0 amide bonds. The highest BCUT2D eigenvalue weighted by Gasteiger charge is 2.23. The van der Waals surface area contributed by atoms with E-state index in [2.05, 4.69) is 65.0 Å². The van der Waals surface area contributed by atoms with E-state index in [0.717, 1.165) is 49.9 Å². The highest BCUT2D eigenvalue weighted by atomic mass is 16.3. The van der Waals surface area contributed by atoms with Gasteiger partial charge in [-0.3, -0.25) is 4.90 Å². The van der Waals surface area contributed by atoms with Gasteiger partial charge in [-0.25, -0.2) is 9.97 Å². The summed E-state index contributed by atoms with van der Waals surface area (Å²) in [6, 6.07) is 19.0. The number of hydrogen-bond acceptors (Lipinski definition) is 5. The van der Waals surface area contributed by atoms with Gasteiger partial charge in [-0.05, 0) is 38.3 Å². The van der Waals surface area contributed by atoms with Crippen LogP contribution in [-0.2, 0) is 12.8 Å². The zero-order valence-electron chi connectivity index (χ0n) is 19.5. The van der Waals surface area contributed by atoms with E-state index in [4.69, 9.17) is 4.98 Å². The molecule has 5 heteroatoms. The van der Waals surface area contributed by atoms with Crippen LogP contribution < -0.4 is 4.90 Å². The van der Waals surface area contributed by atoms with Gasteiger partial charge in [0.15, 0.2) is 0 Å². The van der Waals surface area contributed by atoms with E-state index in [1.54, 1.807) is 0 Å². The number of benzene rings is 2. The van der Waals surface area contributed by atoms with Crippen molar-refractivity contribution in [1.29, 1.82) is 0 Å². The minimum Gasteiger partial charge on any atom is -0.391 e. The van der Waals surface area contributed by atoms with Crippen molar-refractivity contribution in [3.05, 3.63) is 88.4 Å². The van der Waals surface area contributed by atoms with Crippen LogP contribution in [-0.4, -0.2) is 58.8 Å². The fourth-order valence-corrected chi connectivity index (χ4v) is 4.49. The van der Waals surface area contributed by atoms with Crippen LogP contribution in [0.25, 0.3) is 0 Å². The van der Waals surface area contributed by atoms with Crippen LogP contribution >= 0.6 is 0 Å². The van der Waals surface area contributed by atoms with Gasteiger partial charge in [0.25, 0.3) is 0 Å². The van der Waals surface area contributed by atoms with Crippen molar-refractivity contribution in [1.82, 2.24) is 14.9 Å². The largest absolute Gasteiger partial charge is 0.391 e. The maximum absolute atomic E-state index is 10.6. The molecule has 1 aliphatic rings. The number of aliphatic hydroxyl groups excluding tert-OH is 1. The molecular weight excluding hydrogens is 396 g/mol. The fourth-order valence-electron chi connectivity index (χ4n) is 4.49. The third kappa shape index (κ3) is 5.72. The Morgan fingerprint density at radius 1 is 0.844 bits per heavy atom. The number of β-amino-alcohol motifs (C(OH)–C–C–N with tert-alkyl or cyclic N) is 1. The summed E-state index contributed by atoms with van der Waals surface area (Å²) in [4.78, 5) is 14.3. The molecule has 1 aliphatic heterocycles. The monoisotopic (exact) mass is 430 g/mol. The molecule has 2 heterocycles. The molecule has 1 atom stereocenters. The minimum atomic E-state index is -0.343. The van der Waals surface area contributed by atoms with Crippen LogP contribution in [0.1, 0.15) is 33.8 Å². The van der Waals surface area contributed by atoms with Gasteiger partial charge in [-0.15, -0.1) is 0 Å². The quantitative estimate of drug-likeness (QED) is 0.619. The summed E-state index contributed by atoms with van der Waals surface area (Å²) < 4.78 is 0. The SMILES string of the molecule is Cc1ccc(Cc2c(C)nc(C)nc2N2CCN(CC(O)Cc3ccccc3)CC2)cc1. The fraction of sp³-hybridized carbons (Fsp3) is 0.407. The van der Waals surface area contributed by atoms with Crippen LogP contribution in [0.3, 0.4) is 0 Å². The number of anilines is 1. The topological polar surface area (TPSA) is 52.5 Å². The lowest BCUT2D eigenvalue weighted by molar-refractivity contribution is 0.109. The molecule has 1 unspecified atom stereocenters. The Hall–Kier alpha value is -2.76. The Morgan fingerprint density at radius 2 is 1.53 bits per heavy atom. The molecule has 32 heavy (non-hydrogen) atoms. The van der Waals surface area contributed by atoms with Gasteiger partial charge in [-0.2, -0.15) is 0 Å². The van der Waals surface area contributed by atoms with Crippen molar-refractivity contribution >= 4 is 5.82 Å². The van der Waals surface area contributed by atoms with E-state index in [9.17, 15) is 5.11 Å². The molecule has 0 spiro atoms. The van der Waals surface area contributed by atoms with Gasteiger partial charge in [0.2, 0.25) is 0 Å². The van der Waals surface area contributed by atoms with Gasteiger partial charge < -0.3 is 10.0 Å². The van der Waals surface area contributed by atoms with Gasteiger partial charge in [-0.1, -0.05) is 60.2 Å². The highest BCUT2D eigenvalue weighted by molar-refractivity contribution is 5.51. The number of hydrogen-bond donors (Lipinski definition) is 1. The van der Waals surface area contributed by atoms with Gasteiger partial charge in [0, 0.05) is 50.4 Å². The van der Waals surface area contributed by atoms with Crippen LogP contribution in [0.2, 0.25) is 0 Å². The first-order valence-electron chi connectivity index (χ1n) is 11.6. The van der Waals surface area contributed by atoms with E-state index >= 15 is 0 Å². The normalized spacial score (nSPS) is 15.7. The van der Waals surface area contributed by atoms with Crippen LogP contribution in [0.5, 0.6) is 0 Å². The van der Waals surface area contributed by atoms with Crippen molar-refractivity contribution in [2.45, 2.75) is 39.7 Å². The Kier molecular flexibility index (Phi) is 7.18. The first-order chi connectivity index (χ1) is 15.5. The van der Waals surface area contributed by atoms with E-state index in [1.807, 2.05) is 25.1 Å². The summed E-state index contributed by atoms with van der Waals surface area (Å²) in [7, 11) is 0. The predicted molar refractivity (Wildman–Crippen MR) is 130 cm³/mol. The van der Waals surface area contributed by atoms with Crippen molar-refractivity contribution in [3.8, 4) is 0 Å². The van der Waals surface area contributed by atoms with Crippen LogP contribution in [0, 0.1) is 20.8 Å². The molecule has 168 valence electrons. The average molecular weight is 431 g/mol. The Bertz CT molecular complexity index is 1010. The molecule has 0 saturated carbocycles. The van der Waals surface area contributed by atoms with Crippen LogP contribution in [0.4, 0.5) is 5.82 Å². The number of aliphatic hydroxyl groups is 1. The second kappa shape index (κ2) is 10.2. The first-order valence-corrected chi connectivity index (χ1v) is 11.6. The zero-order chi connectivity index (χ0) is 22.5. The molecular formula is C27H34N4O. The smallest absolute Gasteiger partial charge is 0.136 e. The molecule has 3 aromatic rings. The number of piperazine rings is 1. The van der Waals surface area contributed by atoms with Gasteiger partial charge in [0.1, 0.15) is 11.6 Å². The molecule has 1 saturated heterocycles. The van der Waals surface area contributed by atoms with Crippen molar-refractivity contribution in [3.63, 3.8) is 0 Å². The summed E-state index contributed by atoms with van der Waals surface area (Å²) in [5.41, 5.74) is 6.03. The Morgan fingerprint density at radius 3 is 2.22 bits per heavy atom. The lowest BCUT2D eigenvalue weighted by Gasteiger charge is -2.37. The summed E-state index contributed by atoms with van der Waals surface area (Å²) in [6.07, 6.45) is 1.20. The maximum Gasteiger partial charge on any atom is 0.136 e. The lowest BCUT2D eigenvalue weighted by Crippen LogP contribution is -2.49. The second-order valence-electron chi connectivity index (χ2n) is 8.95. The molecule has 4 rings (SSSR count). The Labute approximate surface area is 191 Å². The maximum atomic E-state index is 10.6. The molecule has 0 aliphatic carbocycles. The van der Waals surface area contributed by atoms with Crippen molar-refractivity contribution in [2.24, 2.45) is 0 Å². The molecule has 1 N–H and O–H groups in total. The average Bonchev–Trinajstić information content (AvgIpc) is 2.78. The predicted octanol–water partition coefficient (Wildman–Crippen LogP) is 3.72. The minimum absolute atomic E-state index is 0.343. The van der Waals surface area contributed by atoms with E-state index in [-0.39, 0.29) is 6.10 Å². The Balaban J connectivity index is 1.41. The van der Waals surface area contributed by atoms with E-state index in [0.29, 0.717) is 13.0 Å². The second-order valence-corrected chi connectivity index (χ2v) is 8.95. The molecule has 0 radical (unpaired) electrons. The number of rotatable bonds is 7. The summed E-state index contributed by atoms with van der Waals surface area (Å²) in [6.45, 7) is 10.6. The number of aryl methyl sites for hydroxylation is 3. The van der Waals surface area contributed by atoms with Gasteiger partial charge in [0.05, 0.1) is 6.10 Å². The third-order valence-corrected chi connectivity index (χ3v) is 6.26. The van der Waals surface area contributed by atoms with Crippen molar-refractivity contribution in [2.75, 3.05) is 37.6 Å². The molecule has 2 aromatic carbocycles. The van der Waals surface area contributed by atoms with Crippen LogP contribution in [0.15, 0.2) is 54.6 Å². The first kappa shape index (κ1) is 22.4. The lowest BCUT2D eigenvalue weighted by atomic mass is 10.0. The highest BCUT2D eigenvalue weighted by Crippen LogP contribution is 2.25. The number of nitrogens with zero attached hydrogens (tertiary/aromatic N) is 4. The molecule has 1 fully saturated rings. The van der Waals surface area contributed by atoms with E-state index < -0.39 is 0 Å². The summed E-state index contributed by atoms with van der Waals surface area (Å²) >= 11 is 0. The van der Waals surface area contributed by atoms with Crippen molar-refractivity contribution < 1.29 is 5.11 Å². The molecule has 0 bridgehead atoms. The third-order valence-electron chi connectivity index (χ3n) is 6.26. The number of aromatic nitrogens is 2. The molecule has 5 nitrogen and oxygen atoms in total. The summed E-state index contributed by atoms with van der Waals surface area (Å²) in [5.74, 6) is 1.89. The zero-order valence-corrected chi connectivity index (χ0v) is 19.5. The molecule has 1 aromatic heterocycles. The summed E-state index contributed by atoms with van der Waals surface area (Å²) in [5, 5.41) is 10.6. The van der Waals surface area contributed by atoms with E-state index in [1.165, 1.54) is 22.3 Å².